The molecular formula is C16H21BN2O2. The quantitative estimate of drug-likeness (QED) is 0.795. The molecule has 1 aliphatic heterocycles. The van der Waals surface area contributed by atoms with Gasteiger partial charge < -0.3 is 9.31 Å². The van der Waals surface area contributed by atoms with Crippen LogP contribution in [-0.4, -0.2) is 28.1 Å². The van der Waals surface area contributed by atoms with Crippen molar-refractivity contribution in [3.05, 3.63) is 42.2 Å². The maximum absolute atomic E-state index is 6.10. The SMILES string of the molecule is Cc1c(B2OC(C)(C)C(C)(C)O2)cnn1-c1ccccc1. The molecule has 3 rings (SSSR count). The summed E-state index contributed by atoms with van der Waals surface area (Å²) in [6, 6.07) is 10.1. The van der Waals surface area contributed by atoms with Crippen molar-refractivity contribution in [2.24, 2.45) is 0 Å². The fraction of sp³-hybridized carbons (Fsp3) is 0.438. The lowest BCUT2D eigenvalue weighted by Crippen LogP contribution is -2.41. The van der Waals surface area contributed by atoms with Gasteiger partial charge in [-0.2, -0.15) is 5.10 Å². The summed E-state index contributed by atoms with van der Waals surface area (Å²) in [5.74, 6) is 0. The van der Waals surface area contributed by atoms with E-state index in [0.29, 0.717) is 0 Å². The van der Waals surface area contributed by atoms with Crippen LogP contribution in [0.1, 0.15) is 33.4 Å². The summed E-state index contributed by atoms with van der Waals surface area (Å²) in [7, 11) is -0.368. The van der Waals surface area contributed by atoms with Crippen molar-refractivity contribution in [2.75, 3.05) is 0 Å². The predicted molar refractivity (Wildman–Crippen MR) is 84.0 cm³/mol. The van der Waals surface area contributed by atoms with E-state index in [-0.39, 0.29) is 18.3 Å². The highest BCUT2D eigenvalue weighted by Crippen LogP contribution is 2.36. The predicted octanol–water partition coefficient (Wildman–Crippen LogP) is 2.48. The lowest BCUT2D eigenvalue weighted by molar-refractivity contribution is 0.00578. The standard InChI is InChI=1S/C16H21BN2O2/c1-12-14(17-20-15(2,3)16(4,5)21-17)11-18-19(12)13-9-7-6-8-10-13/h6-11H,1-5H3. The highest BCUT2D eigenvalue weighted by molar-refractivity contribution is 6.62. The molecule has 0 bridgehead atoms. The molecule has 5 heteroatoms. The molecule has 0 amide bonds. The number of nitrogens with zero attached hydrogens (tertiary/aromatic N) is 2. The third-order valence-electron chi connectivity index (χ3n) is 4.56. The Morgan fingerprint density at radius 2 is 1.57 bits per heavy atom. The highest BCUT2D eigenvalue weighted by Gasteiger charge is 2.52. The van der Waals surface area contributed by atoms with E-state index < -0.39 is 0 Å². The van der Waals surface area contributed by atoms with Crippen molar-refractivity contribution in [1.82, 2.24) is 9.78 Å². The summed E-state index contributed by atoms with van der Waals surface area (Å²) in [4.78, 5) is 0. The molecule has 0 radical (unpaired) electrons. The van der Waals surface area contributed by atoms with Crippen LogP contribution >= 0.6 is 0 Å². The average molecular weight is 284 g/mol. The molecular weight excluding hydrogens is 263 g/mol. The molecule has 0 spiro atoms. The summed E-state index contributed by atoms with van der Waals surface area (Å²) >= 11 is 0. The van der Waals surface area contributed by atoms with E-state index in [1.807, 2.05) is 48.1 Å². The minimum atomic E-state index is -0.368. The number of hydrogen-bond donors (Lipinski definition) is 0. The van der Waals surface area contributed by atoms with E-state index in [1.54, 1.807) is 0 Å². The van der Waals surface area contributed by atoms with Crippen LogP contribution in [0.2, 0.25) is 0 Å². The fourth-order valence-corrected chi connectivity index (χ4v) is 2.45. The summed E-state index contributed by atoms with van der Waals surface area (Å²) in [5, 5.41) is 4.48. The highest BCUT2D eigenvalue weighted by atomic mass is 16.7. The van der Waals surface area contributed by atoms with Crippen molar-refractivity contribution in [1.29, 1.82) is 0 Å². The molecule has 0 N–H and O–H groups in total. The Kier molecular flexibility index (Phi) is 3.22. The molecule has 4 nitrogen and oxygen atoms in total. The van der Waals surface area contributed by atoms with Crippen LogP contribution in [0.25, 0.3) is 5.69 Å². The van der Waals surface area contributed by atoms with Crippen LogP contribution in [0.4, 0.5) is 0 Å². The first-order valence-electron chi connectivity index (χ1n) is 7.27. The van der Waals surface area contributed by atoms with Crippen LogP contribution in [-0.2, 0) is 9.31 Å². The Morgan fingerprint density at radius 1 is 1.00 bits per heavy atom. The fourth-order valence-electron chi connectivity index (χ4n) is 2.45. The van der Waals surface area contributed by atoms with Crippen LogP contribution in [0.3, 0.4) is 0 Å². The van der Waals surface area contributed by atoms with E-state index in [0.717, 1.165) is 16.8 Å². The maximum atomic E-state index is 6.10. The maximum Gasteiger partial charge on any atom is 0.498 e. The third-order valence-corrected chi connectivity index (χ3v) is 4.56. The molecule has 1 fully saturated rings. The zero-order chi connectivity index (χ0) is 15.3. The Morgan fingerprint density at radius 3 is 2.14 bits per heavy atom. The molecule has 2 aromatic rings. The molecule has 0 saturated carbocycles. The zero-order valence-corrected chi connectivity index (χ0v) is 13.3. The molecule has 110 valence electrons. The van der Waals surface area contributed by atoms with Crippen molar-refractivity contribution in [2.45, 2.75) is 45.8 Å². The molecule has 2 heterocycles. The number of benzene rings is 1. The van der Waals surface area contributed by atoms with Gasteiger partial charge in [-0.25, -0.2) is 4.68 Å². The Hall–Kier alpha value is -1.59. The van der Waals surface area contributed by atoms with E-state index in [1.165, 1.54) is 0 Å². The van der Waals surface area contributed by atoms with Gasteiger partial charge in [0.2, 0.25) is 0 Å². The smallest absolute Gasteiger partial charge is 0.399 e. The van der Waals surface area contributed by atoms with Crippen molar-refractivity contribution < 1.29 is 9.31 Å². The van der Waals surface area contributed by atoms with E-state index in [2.05, 4.69) is 32.8 Å². The summed E-state index contributed by atoms with van der Waals surface area (Å²) in [5.41, 5.74) is 2.40. The topological polar surface area (TPSA) is 36.3 Å². The summed E-state index contributed by atoms with van der Waals surface area (Å²) < 4.78 is 14.1. The number of hydrogen-bond acceptors (Lipinski definition) is 3. The Balaban J connectivity index is 1.94. The van der Waals surface area contributed by atoms with Crippen LogP contribution in [0.5, 0.6) is 0 Å². The van der Waals surface area contributed by atoms with Gasteiger partial charge in [-0.05, 0) is 46.8 Å². The average Bonchev–Trinajstić information content (AvgIpc) is 2.89. The van der Waals surface area contributed by atoms with E-state index in [4.69, 9.17) is 9.31 Å². The van der Waals surface area contributed by atoms with Gasteiger partial charge in [-0.1, -0.05) is 18.2 Å². The number of rotatable bonds is 2. The first kappa shape index (κ1) is 14.4. The second kappa shape index (κ2) is 4.72. The Labute approximate surface area is 126 Å². The van der Waals surface area contributed by atoms with Crippen molar-refractivity contribution >= 4 is 12.6 Å². The zero-order valence-electron chi connectivity index (χ0n) is 13.3. The van der Waals surface area contributed by atoms with Gasteiger partial charge in [0.15, 0.2) is 0 Å². The van der Waals surface area contributed by atoms with Gasteiger partial charge in [0.25, 0.3) is 0 Å². The van der Waals surface area contributed by atoms with Gasteiger partial charge in [0.05, 0.1) is 16.9 Å². The van der Waals surface area contributed by atoms with Gasteiger partial charge in [0, 0.05) is 17.4 Å². The van der Waals surface area contributed by atoms with Crippen molar-refractivity contribution in [3.63, 3.8) is 0 Å². The van der Waals surface area contributed by atoms with Gasteiger partial charge in [0.1, 0.15) is 0 Å². The third kappa shape index (κ3) is 2.30. The molecule has 0 aliphatic carbocycles. The molecule has 1 aromatic heterocycles. The van der Waals surface area contributed by atoms with Gasteiger partial charge in [-0.3, -0.25) is 0 Å². The van der Waals surface area contributed by atoms with Crippen LogP contribution < -0.4 is 5.46 Å². The molecule has 1 aliphatic rings. The normalized spacial score (nSPS) is 20.0. The van der Waals surface area contributed by atoms with Gasteiger partial charge >= 0.3 is 7.12 Å². The largest absolute Gasteiger partial charge is 0.498 e. The summed E-state index contributed by atoms with van der Waals surface area (Å²) in [6.45, 7) is 10.3. The molecule has 1 saturated heterocycles. The minimum Gasteiger partial charge on any atom is -0.399 e. The summed E-state index contributed by atoms with van der Waals surface area (Å²) in [6.07, 6.45) is 1.84. The minimum absolute atomic E-state index is 0.334. The van der Waals surface area contributed by atoms with Crippen LogP contribution in [0.15, 0.2) is 36.5 Å². The lowest BCUT2D eigenvalue weighted by Gasteiger charge is -2.32. The first-order valence-corrected chi connectivity index (χ1v) is 7.27. The number of aromatic nitrogens is 2. The van der Waals surface area contributed by atoms with Crippen LogP contribution in [0, 0.1) is 6.92 Å². The second-order valence-electron chi connectivity index (χ2n) is 6.52. The Bertz CT molecular complexity index is 634. The van der Waals surface area contributed by atoms with E-state index in [9.17, 15) is 0 Å². The first-order chi connectivity index (χ1) is 9.82. The molecule has 21 heavy (non-hydrogen) atoms. The second-order valence-corrected chi connectivity index (χ2v) is 6.52. The monoisotopic (exact) mass is 284 g/mol. The van der Waals surface area contributed by atoms with E-state index >= 15 is 0 Å². The molecule has 0 atom stereocenters. The van der Waals surface area contributed by atoms with Crippen molar-refractivity contribution in [3.8, 4) is 5.69 Å². The molecule has 0 unspecified atom stereocenters. The van der Waals surface area contributed by atoms with Gasteiger partial charge in [-0.15, -0.1) is 0 Å². The molecule has 1 aromatic carbocycles. The lowest BCUT2D eigenvalue weighted by atomic mass is 9.79. The number of para-hydroxylation sites is 1.